The average Bonchev–Trinajstić information content (AvgIpc) is 3.47. The van der Waals surface area contributed by atoms with E-state index in [0.29, 0.717) is 24.2 Å². The maximum atomic E-state index is 14.2. The number of urea groups is 1. The fourth-order valence-corrected chi connectivity index (χ4v) is 6.81. The number of hydrogen-bond donors (Lipinski definition) is 2. The number of amides is 4. The summed E-state index contributed by atoms with van der Waals surface area (Å²) in [6.07, 6.45) is 2.35. The number of nitrogens with one attached hydrogen (secondary N) is 2. The number of anilines is 1. The zero-order valence-electron chi connectivity index (χ0n) is 23.1. The Hall–Kier alpha value is -4.43. The molecule has 2 fully saturated rings. The van der Waals surface area contributed by atoms with Crippen LogP contribution in [0.25, 0.3) is 10.9 Å². The molecule has 0 bridgehead atoms. The highest BCUT2D eigenvalue weighted by atomic mass is 16.2. The van der Waals surface area contributed by atoms with Crippen molar-refractivity contribution in [1.82, 2.24) is 20.1 Å². The Labute approximate surface area is 238 Å². The molecule has 0 spiro atoms. The summed E-state index contributed by atoms with van der Waals surface area (Å²) in [5.41, 5.74) is 3.57. The summed E-state index contributed by atoms with van der Waals surface area (Å²) >= 11 is 0. The van der Waals surface area contributed by atoms with Crippen LogP contribution < -0.4 is 10.2 Å². The fourth-order valence-electron chi connectivity index (χ4n) is 6.81. The second kappa shape index (κ2) is 9.89. The Morgan fingerprint density at radius 1 is 0.927 bits per heavy atom. The van der Waals surface area contributed by atoms with Crippen LogP contribution in [-0.4, -0.2) is 58.3 Å². The number of rotatable bonds is 5. The van der Waals surface area contributed by atoms with Gasteiger partial charge in [0.15, 0.2) is 5.54 Å². The third-order valence-corrected chi connectivity index (χ3v) is 9.03. The van der Waals surface area contributed by atoms with Crippen LogP contribution in [-0.2, 0) is 23.3 Å². The molecular weight excluding hydrogens is 514 g/mol. The van der Waals surface area contributed by atoms with E-state index in [0.717, 1.165) is 54.6 Å². The van der Waals surface area contributed by atoms with Crippen molar-refractivity contribution in [3.63, 3.8) is 0 Å². The number of carbonyl (C=O) groups excluding carboxylic acids is 3. The lowest BCUT2D eigenvalue weighted by atomic mass is 9.87. The van der Waals surface area contributed by atoms with Gasteiger partial charge in [0.25, 0.3) is 11.8 Å². The minimum atomic E-state index is -1.17. The van der Waals surface area contributed by atoms with Crippen LogP contribution in [0.2, 0.25) is 0 Å². The Balaban J connectivity index is 1.11. The predicted molar refractivity (Wildman–Crippen MR) is 158 cm³/mol. The van der Waals surface area contributed by atoms with Crippen LogP contribution in [0, 0.1) is 0 Å². The highest BCUT2D eigenvalue weighted by molar-refractivity contribution is 6.25. The second-order valence-electron chi connectivity index (χ2n) is 11.4. The summed E-state index contributed by atoms with van der Waals surface area (Å²) in [6.45, 7) is 4.93. The average molecular weight is 548 g/mol. The molecule has 7 rings (SSSR count). The molecule has 3 aliphatic rings. The van der Waals surface area contributed by atoms with Gasteiger partial charge >= 0.3 is 6.03 Å². The van der Waals surface area contributed by atoms with Crippen LogP contribution >= 0.6 is 0 Å². The molecule has 4 heterocycles. The molecule has 3 aromatic carbocycles. The molecule has 1 unspecified atom stereocenters. The summed E-state index contributed by atoms with van der Waals surface area (Å²) in [6, 6.07) is 25.0. The molecule has 1 aromatic heterocycles. The van der Waals surface area contributed by atoms with E-state index >= 15 is 0 Å². The number of piperidine rings is 1. The van der Waals surface area contributed by atoms with Gasteiger partial charge in [0.1, 0.15) is 0 Å². The highest BCUT2D eigenvalue weighted by Gasteiger charge is 2.59. The van der Waals surface area contributed by atoms with Crippen LogP contribution in [0.15, 0.2) is 78.9 Å². The van der Waals surface area contributed by atoms with Gasteiger partial charge in [-0.3, -0.25) is 14.5 Å². The van der Waals surface area contributed by atoms with Crippen molar-refractivity contribution in [1.29, 1.82) is 0 Å². The monoisotopic (exact) mass is 547 g/mol. The van der Waals surface area contributed by atoms with E-state index in [2.05, 4.69) is 45.5 Å². The number of H-pyrrole nitrogens is 1. The number of hydrogen-bond acceptors (Lipinski definition) is 4. The molecule has 4 aromatic rings. The molecule has 2 saturated heterocycles. The molecule has 41 heavy (non-hydrogen) atoms. The summed E-state index contributed by atoms with van der Waals surface area (Å²) < 4.78 is 0. The minimum Gasteiger partial charge on any atom is -0.356 e. The first-order chi connectivity index (χ1) is 19.9. The van der Waals surface area contributed by atoms with E-state index in [-0.39, 0.29) is 17.9 Å². The predicted octanol–water partition coefficient (Wildman–Crippen LogP) is 4.80. The smallest absolute Gasteiger partial charge is 0.332 e. The largest absolute Gasteiger partial charge is 0.356 e. The van der Waals surface area contributed by atoms with Crippen molar-refractivity contribution in [3.05, 3.63) is 101 Å². The summed E-state index contributed by atoms with van der Waals surface area (Å²) in [5.74, 6) is -0.603. The first-order valence-corrected chi connectivity index (χ1v) is 14.4. The maximum absolute atomic E-state index is 14.2. The van der Waals surface area contributed by atoms with E-state index in [9.17, 15) is 14.4 Å². The minimum absolute atomic E-state index is 0.0327. The van der Waals surface area contributed by atoms with Crippen molar-refractivity contribution >= 4 is 34.4 Å². The SMILES string of the molecule is CC12C(=O)N(c3ccccc3C(=O)NC3CCN(Cc4ccccc4)CC3)C(=O)N1CCc1c2[nH]c2ccccc12. The fraction of sp³-hybridized carbons (Fsp3) is 0.303. The lowest BCUT2D eigenvalue weighted by Gasteiger charge is -2.35. The molecule has 0 aliphatic carbocycles. The molecule has 4 amide bonds. The van der Waals surface area contributed by atoms with Crippen LogP contribution in [0.4, 0.5) is 10.5 Å². The molecule has 3 aliphatic heterocycles. The van der Waals surface area contributed by atoms with Gasteiger partial charge in [-0.15, -0.1) is 0 Å². The number of para-hydroxylation sites is 2. The number of benzene rings is 3. The normalized spacial score (nSPS) is 21.3. The first kappa shape index (κ1) is 25.5. The summed E-state index contributed by atoms with van der Waals surface area (Å²) in [5, 5.41) is 4.26. The zero-order valence-corrected chi connectivity index (χ0v) is 23.1. The van der Waals surface area contributed by atoms with Gasteiger partial charge in [-0.05, 0) is 55.5 Å². The van der Waals surface area contributed by atoms with Gasteiger partial charge in [0.2, 0.25) is 0 Å². The Kier molecular flexibility index (Phi) is 6.16. The van der Waals surface area contributed by atoms with Crippen molar-refractivity contribution in [2.24, 2.45) is 0 Å². The lowest BCUT2D eigenvalue weighted by molar-refractivity contribution is -0.125. The third-order valence-electron chi connectivity index (χ3n) is 9.03. The molecule has 1 atom stereocenters. The number of likely N-dealkylation sites (tertiary alicyclic amines) is 1. The first-order valence-electron chi connectivity index (χ1n) is 14.4. The quantitative estimate of drug-likeness (QED) is 0.351. The van der Waals surface area contributed by atoms with E-state index in [4.69, 9.17) is 0 Å². The van der Waals surface area contributed by atoms with Crippen molar-refractivity contribution in [2.45, 2.75) is 44.3 Å². The van der Waals surface area contributed by atoms with E-state index in [1.807, 2.05) is 31.2 Å². The number of imide groups is 1. The van der Waals surface area contributed by atoms with Crippen LogP contribution in [0.1, 0.15) is 46.9 Å². The number of carbonyl (C=O) groups is 3. The van der Waals surface area contributed by atoms with E-state index in [1.165, 1.54) is 10.5 Å². The standard InChI is InChI=1S/C33H33N5O3/c1-33-29-25(24-11-5-7-13-27(24)35-29)17-20-37(33)32(41)38(31(33)40)28-14-8-6-12-26(28)30(39)34-23-15-18-36(19-16-23)21-22-9-3-2-4-10-22/h2-14,23,35H,15-21H2,1H3,(H,34,39). The number of fused-ring (bicyclic) bond motifs is 5. The molecule has 8 nitrogen and oxygen atoms in total. The lowest BCUT2D eigenvalue weighted by Crippen LogP contribution is -2.49. The van der Waals surface area contributed by atoms with Gasteiger partial charge in [-0.1, -0.05) is 60.7 Å². The molecule has 208 valence electrons. The van der Waals surface area contributed by atoms with E-state index in [1.54, 1.807) is 29.2 Å². The van der Waals surface area contributed by atoms with Gasteiger partial charge in [-0.25, -0.2) is 9.69 Å². The Morgan fingerprint density at radius 2 is 1.63 bits per heavy atom. The number of nitrogens with zero attached hydrogens (tertiary/aromatic N) is 3. The Bertz CT molecular complexity index is 1660. The Morgan fingerprint density at radius 3 is 2.44 bits per heavy atom. The molecule has 0 radical (unpaired) electrons. The topological polar surface area (TPSA) is 88.8 Å². The number of aromatic nitrogens is 1. The maximum Gasteiger partial charge on any atom is 0.332 e. The van der Waals surface area contributed by atoms with Gasteiger partial charge in [0, 0.05) is 43.1 Å². The number of aromatic amines is 1. The third kappa shape index (κ3) is 4.13. The molecular formula is C33H33N5O3. The van der Waals surface area contributed by atoms with Crippen molar-refractivity contribution < 1.29 is 14.4 Å². The van der Waals surface area contributed by atoms with Crippen LogP contribution in [0.5, 0.6) is 0 Å². The van der Waals surface area contributed by atoms with Crippen molar-refractivity contribution in [3.8, 4) is 0 Å². The molecule has 8 heteroatoms. The highest BCUT2D eigenvalue weighted by Crippen LogP contribution is 2.45. The summed E-state index contributed by atoms with van der Waals surface area (Å²) in [7, 11) is 0. The van der Waals surface area contributed by atoms with Gasteiger partial charge < -0.3 is 15.2 Å². The molecule has 2 N–H and O–H groups in total. The van der Waals surface area contributed by atoms with Crippen molar-refractivity contribution in [2.75, 3.05) is 24.5 Å². The van der Waals surface area contributed by atoms with Gasteiger partial charge in [-0.2, -0.15) is 0 Å². The molecule has 0 saturated carbocycles. The second-order valence-corrected chi connectivity index (χ2v) is 11.4. The summed E-state index contributed by atoms with van der Waals surface area (Å²) in [4.78, 5) is 50.3. The zero-order chi connectivity index (χ0) is 28.1. The van der Waals surface area contributed by atoms with Crippen LogP contribution in [0.3, 0.4) is 0 Å². The van der Waals surface area contributed by atoms with Gasteiger partial charge in [0.05, 0.1) is 16.9 Å². The van der Waals surface area contributed by atoms with E-state index < -0.39 is 11.6 Å².